The molecule has 0 unspecified atom stereocenters. The first-order chi connectivity index (χ1) is 12.8. The van der Waals surface area contributed by atoms with Crippen molar-refractivity contribution in [3.8, 4) is 28.7 Å². The summed E-state index contributed by atoms with van der Waals surface area (Å²) in [6.45, 7) is 0. The van der Waals surface area contributed by atoms with E-state index in [1.54, 1.807) is 36.7 Å². The van der Waals surface area contributed by atoms with Crippen molar-refractivity contribution in [1.82, 2.24) is 4.98 Å². The summed E-state index contributed by atoms with van der Waals surface area (Å²) >= 11 is 0. The topological polar surface area (TPSA) is 76.1 Å². The lowest BCUT2D eigenvalue weighted by Crippen LogP contribution is -1.89. The van der Waals surface area contributed by atoms with E-state index in [2.05, 4.69) is 11.1 Å². The van der Waals surface area contributed by atoms with Gasteiger partial charge in [-0.2, -0.15) is 5.26 Å². The monoisotopic (exact) mass is 340 g/mol. The van der Waals surface area contributed by atoms with Gasteiger partial charge in [0.05, 0.1) is 5.56 Å². The second-order valence-electron chi connectivity index (χ2n) is 5.61. The molecule has 124 valence electrons. The molecular weight excluding hydrogens is 328 g/mol. The van der Waals surface area contributed by atoms with Crippen molar-refractivity contribution < 1.29 is 13.9 Å². The number of pyridine rings is 1. The summed E-state index contributed by atoms with van der Waals surface area (Å²) in [4.78, 5) is 15.2. The molecule has 2 aromatic carbocycles. The van der Waals surface area contributed by atoms with Crippen molar-refractivity contribution in [1.29, 1.82) is 5.26 Å². The minimum atomic E-state index is 0.254. The van der Waals surface area contributed by atoms with Gasteiger partial charge < -0.3 is 9.15 Å². The number of carbonyl (C=O) groups is 1. The summed E-state index contributed by atoms with van der Waals surface area (Å²) < 4.78 is 11.5. The molecule has 0 radical (unpaired) electrons. The van der Waals surface area contributed by atoms with Gasteiger partial charge in [0.25, 0.3) is 0 Å². The van der Waals surface area contributed by atoms with Gasteiger partial charge in [-0.1, -0.05) is 24.3 Å². The predicted octanol–water partition coefficient (Wildman–Crippen LogP) is 4.97. The molecule has 0 amide bonds. The zero-order valence-corrected chi connectivity index (χ0v) is 13.5. The second kappa shape index (κ2) is 6.54. The van der Waals surface area contributed by atoms with Crippen LogP contribution in [-0.4, -0.2) is 11.3 Å². The van der Waals surface area contributed by atoms with Gasteiger partial charge >= 0.3 is 0 Å². The Balaban J connectivity index is 1.76. The molecule has 0 saturated carbocycles. The zero-order valence-electron chi connectivity index (χ0n) is 13.5. The molecule has 0 aliphatic rings. The lowest BCUT2D eigenvalue weighted by Gasteiger charge is -2.09. The number of aldehydes is 1. The fourth-order valence-corrected chi connectivity index (χ4v) is 2.75. The number of hydrogen-bond acceptors (Lipinski definition) is 5. The van der Waals surface area contributed by atoms with Crippen molar-refractivity contribution in [2.45, 2.75) is 0 Å². The van der Waals surface area contributed by atoms with Crippen LogP contribution in [0.3, 0.4) is 0 Å². The van der Waals surface area contributed by atoms with E-state index in [1.165, 1.54) is 0 Å². The molecule has 0 N–H and O–H groups in total. The average Bonchev–Trinajstić information content (AvgIpc) is 3.12. The van der Waals surface area contributed by atoms with Crippen LogP contribution in [0.4, 0.5) is 0 Å². The van der Waals surface area contributed by atoms with Crippen LogP contribution in [0.2, 0.25) is 0 Å². The predicted molar refractivity (Wildman–Crippen MR) is 96.1 cm³/mol. The Morgan fingerprint density at radius 2 is 1.96 bits per heavy atom. The first kappa shape index (κ1) is 15.6. The molecule has 2 aromatic heterocycles. The van der Waals surface area contributed by atoms with Gasteiger partial charge in [0.2, 0.25) is 0 Å². The summed E-state index contributed by atoms with van der Waals surface area (Å²) in [5.74, 6) is 1.33. The largest absolute Gasteiger partial charge is 0.456 e. The Labute approximate surface area is 149 Å². The van der Waals surface area contributed by atoms with E-state index in [4.69, 9.17) is 9.15 Å². The van der Waals surface area contributed by atoms with Crippen molar-refractivity contribution in [2.24, 2.45) is 0 Å². The number of para-hydroxylation sites is 1. The Bertz CT molecular complexity index is 1160. The Morgan fingerprint density at radius 3 is 2.81 bits per heavy atom. The molecule has 0 aliphatic carbocycles. The molecule has 26 heavy (non-hydrogen) atoms. The molecule has 2 heterocycles. The van der Waals surface area contributed by atoms with Gasteiger partial charge in [-0.15, -0.1) is 0 Å². The maximum Gasteiger partial charge on any atom is 0.185 e. The van der Waals surface area contributed by atoms with E-state index in [-0.39, 0.29) is 5.76 Å². The molecule has 0 atom stereocenters. The fourth-order valence-electron chi connectivity index (χ4n) is 2.75. The molecule has 4 aromatic rings. The van der Waals surface area contributed by atoms with Gasteiger partial charge in [0, 0.05) is 23.3 Å². The Kier molecular flexibility index (Phi) is 3.92. The highest BCUT2D eigenvalue weighted by atomic mass is 16.5. The lowest BCUT2D eigenvalue weighted by molar-refractivity contribution is 0.110. The van der Waals surface area contributed by atoms with Gasteiger partial charge in [-0.3, -0.25) is 9.78 Å². The van der Waals surface area contributed by atoms with Crippen molar-refractivity contribution in [2.75, 3.05) is 0 Å². The molecular formula is C21H12N2O3. The highest BCUT2D eigenvalue weighted by Gasteiger charge is 2.12. The van der Waals surface area contributed by atoms with E-state index in [0.29, 0.717) is 28.9 Å². The summed E-state index contributed by atoms with van der Waals surface area (Å²) in [7, 11) is 0. The number of furan rings is 1. The summed E-state index contributed by atoms with van der Waals surface area (Å²) in [5.41, 5.74) is 2.65. The normalized spacial score (nSPS) is 10.4. The third-order valence-corrected chi connectivity index (χ3v) is 3.94. The summed E-state index contributed by atoms with van der Waals surface area (Å²) in [6.07, 6.45) is 4.00. The summed E-state index contributed by atoms with van der Waals surface area (Å²) in [5, 5.41) is 9.95. The molecule has 0 spiro atoms. The van der Waals surface area contributed by atoms with Gasteiger partial charge in [0.15, 0.2) is 12.0 Å². The molecule has 0 saturated heterocycles. The highest BCUT2D eigenvalue weighted by molar-refractivity contribution is 5.94. The number of fused-ring (bicyclic) bond motifs is 1. The van der Waals surface area contributed by atoms with Crippen molar-refractivity contribution >= 4 is 17.3 Å². The van der Waals surface area contributed by atoms with E-state index < -0.39 is 0 Å². The van der Waals surface area contributed by atoms with E-state index in [0.717, 1.165) is 16.5 Å². The number of hydrogen-bond donors (Lipinski definition) is 0. The zero-order chi connectivity index (χ0) is 17.9. The molecule has 0 bridgehead atoms. The van der Waals surface area contributed by atoms with E-state index in [1.807, 2.05) is 30.3 Å². The fraction of sp³-hybridized carbons (Fsp3) is 0. The number of benzene rings is 2. The van der Waals surface area contributed by atoms with Crippen LogP contribution in [0.5, 0.6) is 11.5 Å². The lowest BCUT2D eigenvalue weighted by atomic mass is 10.1. The Morgan fingerprint density at radius 1 is 1.08 bits per heavy atom. The maximum atomic E-state index is 11.0. The number of carbonyl (C=O) groups excluding carboxylic acids is 1. The first-order valence-electron chi connectivity index (χ1n) is 7.88. The van der Waals surface area contributed by atoms with Crippen LogP contribution in [0, 0.1) is 11.3 Å². The highest BCUT2D eigenvalue weighted by Crippen LogP contribution is 2.33. The van der Waals surface area contributed by atoms with Crippen molar-refractivity contribution in [3.05, 3.63) is 78.3 Å². The molecule has 4 rings (SSSR count). The Hall–Kier alpha value is -3.91. The SMILES string of the molecule is N#Cc1ccccc1Oc1cccc(-c2cncc3cc(C=O)oc23)c1. The van der Waals surface area contributed by atoms with Crippen LogP contribution in [0.1, 0.15) is 16.1 Å². The van der Waals surface area contributed by atoms with Crippen LogP contribution in [-0.2, 0) is 0 Å². The van der Waals surface area contributed by atoms with Crippen LogP contribution >= 0.6 is 0 Å². The second-order valence-corrected chi connectivity index (χ2v) is 5.61. The van der Waals surface area contributed by atoms with Crippen LogP contribution in [0.25, 0.3) is 22.1 Å². The number of aromatic nitrogens is 1. The van der Waals surface area contributed by atoms with Crippen molar-refractivity contribution in [3.63, 3.8) is 0 Å². The number of nitriles is 1. The number of ether oxygens (including phenoxy) is 1. The smallest absolute Gasteiger partial charge is 0.185 e. The van der Waals surface area contributed by atoms with Gasteiger partial charge in [-0.25, -0.2) is 0 Å². The van der Waals surface area contributed by atoms with E-state index >= 15 is 0 Å². The standard InChI is InChI=1S/C21H12N2O3/c22-10-15-4-1-2-7-20(15)25-17-6-3-5-14(8-17)19-12-23-11-16-9-18(13-24)26-21(16)19/h1-9,11-13H. The maximum absolute atomic E-state index is 11.0. The number of nitrogens with zero attached hydrogens (tertiary/aromatic N) is 2. The molecule has 0 fully saturated rings. The minimum absolute atomic E-state index is 0.254. The van der Waals surface area contributed by atoms with E-state index in [9.17, 15) is 10.1 Å². The quantitative estimate of drug-likeness (QED) is 0.490. The van der Waals surface area contributed by atoms with Crippen LogP contribution in [0.15, 0.2) is 71.4 Å². The molecule has 5 heteroatoms. The third kappa shape index (κ3) is 2.80. The van der Waals surface area contributed by atoms with Gasteiger partial charge in [-0.05, 0) is 35.9 Å². The summed E-state index contributed by atoms with van der Waals surface area (Å²) in [6, 6.07) is 18.2. The third-order valence-electron chi connectivity index (χ3n) is 3.94. The average molecular weight is 340 g/mol. The minimum Gasteiger partial charge on any atom is -0.456 e. The molecule has 0 aliphatic heterocycles. The molecule has 5 nitrogen and oxygen atoms in total. The number of rotatable bonds is 4. The first-order valence-corrected chi connectivity index (χ1v) is 7.88. The van der Waals surface area contributed by atoms with Crippen LogP contribution < -0.4 is 4.74 Å². The van der Waals surface area contributed by atoms with Gasteiger partial charge in [0.1, 0.15) is 23.2 Å².